The van der Waals surface area contributed by atoms with Gasteiger partial charge in [0.1, 0.15) is 0 Å². The van der Waals surface area contributed by atoms with Crippen LogP contribution in [-0.4, -0.2) is 56.2 Å². The molecule has 1 unspecified atom stereocenters. The lowest BCUT2D eigenvalue weighted by atomic mass is 10.2. The number of rotatable bonds is 4. The fourth-order valence-corrected chi connectivity index (χ4v) is 3.38. The number of anilines is 2. The van der Waals surface area contributed by atoms with Gasteiger partial charge in [-0.2, -0.15) is 0 Å². The van der Waals surface area contributed by atoms with Crippen LogP contribution in [0.5, 0.6) is 0 Å². The van der Waals surface area contributed by atoms with E-state index in [-0.39, 0.29) is 18.6 Å². The summed E-state index contributed by atoms with van der Waals surface area (Å²) in [4.78, 5) is 16.6. The van der Waals surface area contributed by atoms with Crippen molar-refractivity contribution in [3.05, 3.63) is 23.2 Å². The van der Waals surface area contributed by atoms with E-state index >= 15 is 0 Å². The number of amides is 1. The van der Waals surface area contributed by atoms with Gasteiger partial charge in [0.2, 0.25) is 5.91 Å². The molecule has 3 rings (SSSR count). The smallest absolute Gasteiger partial charge is 0.242 e. The summed E-state index contributed by atoms with van der Waals surface area (Å²) in [6, 6.07) is 5.85. The summed E-state index contributed by atoms with van der Waals surface area (Å²) in [7, 11) is 0. The first-order valence-electron chi connectivity index (χ1n) is 8.31. The lowest BCUT2D eigenvalue weighted by Crippen LogP contribution is -2.46. The fraction of sp³-hybridized carbons (Fsp3) is 0.588. The molecule has 2 aliphatic heterocycles. The van der Waals surface area contributed by atoms with Crippen molar-refractivity contribution in [1.82, 2.24) is 4.90 Å². The Bertz CT molecular complexity index is 561. The Balaban J connectivity index is 1.65. The van der Waals surface area contributed by atoms with Crippen LogP contribution in [0.25, 0.3) is 0 Å². The van der Waals surface area contributed by atoms with Crippen LogP contribution in [0.1, 0.15) is 19.8 Å². The predicted molar refractivity (Wildman–Crippen MR) is 93.4 cm³/mol. The molecule has 1 aromatic carbocycles. The third-order valence-corrected chi connectivity index (χ3v) is 4.66. The first-order valence-corrected chi connectivity index (χ1v) is 8.69. The second kappa shape index (κ2) is 7.41. The van der Waals surface area contributed by atoms with Crippen molar-refractivity contribution >= 4 is 28.9 Å². The number of carbonyl (C=O) groups is 1. The number of hydrogen-bond acceptors (Lipinski definition) is 4. The van der Waals surface area contributed by atoms with Crippen LogP contribution >= 0.6 is 11.6 Å². The van der Waals surface area contributed by atoms with E-state index in [9.17, 15) is 4.79 Å². The highest BCUT2D eigenvalue weighted by Crippen LogP contribution is 2.31. The van der Waals surface area contributed by atoms with Gasteiger partial charge in [-0.05, 0) is 38.0 Å². The summed E-state index contributed by atoms with van der Waals surface area (Å²) >= 11 is 6.14. The van der Waals surface area contributed by atoms with Crippen molar-refractivity contribution in [3.8, 4) is 0 Å². The van der Waals surface area contributed by atoms with E-state index in [2.05, 4.69) is 10.2 Å². The molecule has 1 amide bonds. The second-order valence-corrected chi connectivity index (χ2v) is 6.67. The normalized spacial score (nSPS) is 21.6. The Hall–Kier alpha value is -1.46. The molecular weight excluding hydrogens is 314 g/mol. The predicted octanol–water partition coefficient (Wildman–Crippen LogP) is 2.60. The molecule has 0 spiro atoms. The molecule has 2 heterocycles. The van der Waals surface area contributed by atoms with Crippen LogP contribution in [0.2, 0.25) is 5.02 Å². The molecule has 0 radical (unpaired) electrons. The SMILES string of the molecule is CC1CN(C(=O)CNc2cc(Cl)ccc2N2CCCC2)CCO1. The van der Waals surface area contributed by atoms with E-state index in [1.165, 1.54) is 12.8 Å². The largest absolute Gasteiger partial charge is 0.375 e. The summed E-state index contributed by atoms with van der Waals surface area (Å²) in [6.45, 7) is 6.34. The maximum Gasteiger partial charge on any atom is 0.242 e. The average molecular weight is 338 g/mol. The summed E-state index contributed by atoms with van der Waals surface area (Å²) in [5.41, 5.74) is 2.07. The number of benzene rings is 1. The Morgan fingerprint density at radius 1 is 1.35 bits per heavy atom. The minimum atomic E-state index is 0.104. The van der Waals surface area contributed by atoms with Gasteiger partial charge in [0.25, 0.3) is 0 Å². The number of morpholine rings is 1. The zero-order valence-corrected chi connectivity index (χ0v) is 14.3. The number of nitrogens with zero attached hydrogens (tertiary/aromatic N) is 2. The van der Waals surface area contributed by atoms with Crippen LogP contribution in [0.4, 0.5) is 11.4 Å². The quantitative estimate of drug-likeness (QED) is 0.917. The number of nitrogens with one attached hydrogen (secondary N) is 1. The third-order valence-electron chi connectivity index (χ3n) is 4.43. The maximum absolute atomic E-state index is 12.4. The molecule has 0 saturated carbocycles. The van der Waals surface area contributed by atoms with Crippen molar-refractivity contribution in [2.75, 3.05) is 49.5 Å². The second-order valence-electron chi connectivity index (χ2n) is 6.23. The van der Waals surface area contributed by atoms with Gasteiger partial charge >= 0.3 is 0 Å². The van der Waals surface area contributed by atoms with E-state index in [4.69, 9.17) is 16.3 Å². The topological polar surface area (TPSA) is 44.8 Å². The van der Waals surface area contributed by atoms with Crippen LogP contribution in [0.3, 0.4) is 0 Å². The van der Waals surface area contributed by atoms with Crippen LogP contribution < -0.4 is 10.2 Å². The van der Waals surface area contributed by atoms with E-state index in [1.807, 2.05) is 30.0 Å². The Labute approximate surface area is 142 Å². The molecule has 126 valence electrons. The van der Waals surface area contributed by atoms with Crippen molar-refractivity contribution in [1.29, 1.82) is 0 Å². The number of halogens is 1. The lowest BCUT2D eigenvalue weighted by Gasteiger charge is -2.31. The van der Waals surface area contributed by atoms with Gasteiger partial charge in [0, 0.05) is 31.2 Å². The van der Waals surface area contributed by atoms with Gasteiger partial charge in [-0.25, -0.2) is 0 Å². The Kier molecular flexibility index (Phi) is 5.28. The van der Waals surface area contributed by atoms with Crippen molar-refractivity contribution < 1.29 is 9.53 Å². The van der Waals surface area contributed by atoms with Gasteiger partial charge in [-0.3, -0.25) is 4.79 Å². The highest BCUT2D eigenvalue weighted by atomic mass is 35.5. The number of carbonyl (C=O) groups excluding carboxylic acids is 1. The van der Waals surface area contributed by atoms with Crippen molar-refractivity contribution in [2.24, 2.45) is 0 Å². The van der Waals surface area contributed by atoms with Crippen LogP contribution in [0.15, 0.2) is 18.2 Å². The maximum atomic E-state index is 12.4. The summed E-state index contributed by atoms with van der Waals surface area (Å²) in [6.07, 6.45) is 2.54. The van der Waals surface area contributed by atoms with Gasteiger partial charge in [-0.15, -0.1) is 0 Å². The van der Waals surface area contributed by atoms with Gasteiger partial charge in [0.15, 0.2) is 0 Å². The lowest BCUT2D eigenvalue weighted by molar-refractivity contribution is -0.136. The van der Waals surface area contributed by atoms with E-state index in [0.29, 0.717) is 24.7 Å². The molecule has 23 heavy (non-hydrogen) atoms. The monoisotopic (exact) mass is 337 g/mol. The zero-order valence-electron chi connectivity index (χ0n) is 13.6. The molecule has 2 fully saturated rings. The Morgan fingerprint density at radius 2 is 2.13 bits per heavy atom. The molecule has 2 aliphatic rings. The molecule has 0 aromatic heterocycles. The molecule has 1 aromatic rings. The molecule has 6 heteroatoms. The molecule has 1 N–H and O–H groups in total. The molecule has 0 aliphatic carbocycles. The third kappa shape index (κ3) is 4.09. The summed E-state index contributed by atoms with van der Waals surface area (Å²) in [5.74, 6) is 0.104. The van der Waals surface area contributed by atoms with Crippen LogP contribution in [0, 0.1) is 0 Å². The first kappa shape index (κ1) is 16.4. The van der Waals surface area contributed by atoms with Crippen LogP contribution in [-0.2, 0) is 9.53 Å². The average Bonchev–Trinajstić information content (AvgIpc) is 3.07. The number of hydrogen-bond donors (Lipinski definition) is 1. The Morgan fingerprint density at radius 3 is 2.87 bits per heavy atom. The fourth-order valence-electron chi connectivity index (χ4n) is 3.21. The summed E-state index contributed by atoms with van der Waals surface area (Å²) in [5, 5.41) is 3.97. The van der Waals surface area contributed by atoms with Gasteiger partial charge < -0.3 is 19.9 Å². The molecule has 2 saturated heterocycles. The van der Waals surface area contributed by atoms with Gasteiger partial charge in [-0.1, -0.05) is 11.6 Å². The molecule has 5 nitrogen and oxygen atoms in total. The standard InChI is InChI=1S/C17H24ClN3O2/c1-13-12-21(8-9-23-13)17(22)11-19-15-10-14(18)4-5-16(15)20-6-2-3-7-20/h4-5,10,13,19H,2-3,6-9,11-12H2,1H3. The zero-order chi connectivity index (χ0) is 16.2. The molecule has 0 bridgehead atoms. The van der Waals surface area contributed by atoms with Crippen molar-refractivity contribution in [3.63, 3.8) is 0 Å². The minimum absolute atomic E-state index is 0.104. The first-order chi connectivity index (χ1) is 11.1. The molecular formula is C17H24ClN3O2. The highest BCUT2D eigenvalue weighted by molar-refractivity contribution is 6.31. The van der Waals surface area contributed by atoms with E-state index in [1.54, 1.807) is 0 Å². The minimum Gasteiger partial charge on any atom is -0.375 e. The molecule has 1 atom stereocenters. The number of ether oxygens (including phenoxy) is 1. The van der Waals surface area contributed by atoms with Crippen molar-refractivity contribution in [2.45, 2.75) is 25.9 Å². The summed E-state index contributed by atoms with van der Waals surface area (Å²) < 4.78 is 5.48. The van der Waals surface area contributed by atoms with Gasteiger partial charge in [0.05, 0.1) is 30.6 Å². The van der Waals surface area contributed by atoms with E-state index < -0.39 is 0 Å². The van der Waals surface area contributed by atoms with E-state index in [0.717, 1.165) is 24.5 Å². The highest BCUT2D eigenvalue weighted by Gasteiger charge is 2.22.